The predicted molar refractivity (Wildman–Crippen MR) is 134 cm³/mol. The molecule has 0 aliphatic carbocycles. The quantitative estimate of drug-likeness (QED) is 0.399. The fraction of sp³-hybridized carbons (Fsp3) is 0.280. The number of amides is 1. The lowest BCUT2D eigenvalue weighted by molar-refractivity contribution is -0.128. The number of rotatable bonds is 5. The minimum absolute atomic E-state index is 0.00841. The number of halogens is 1. The zero-order valence-electron chi connectivity index (χ0n) is 19.5. The summed E-state index contributed by atoms with van der Waals surface area (Å²) in [4.78, 5) is 29.8. The van der Waals surface area contributed by atoms with Gasteiger partial charge in [0.2, 0.25) is 11.6 Å². The van der Waals surface area contributed by atoms with Crippen molar-refractivity contribution in [3.8, 4) is 5.69 Å². The average molecular weight is 493 g/mol. The standard InChI is InChI=1S/C25H25FN6O2S/c1-17-13-18(2)15-21(14-17)31-11-12-32-23(24(31)34)27-28-25(32)35-16-22(33)30-9-7-29(8-10-30)20-5-3-19(26)4-6-20/h3-6,11-15H,7-10,16H2,1-2H3. The highest BCUT2D eigenvalue weighted by Crippen LogP contribution is 2.20. The van der Waals surface area contributed by atoms with E-state index in [9.17, 15) is 14.0 Å². The van der Waals surface area contributed by atoms with E-state index in [1.54, 1.807) is 33.5 Å². The van der Waals surface area contributed by atoms with E-state index in [0.717, 1.165) is 22.5 Å². The number of anilines is 1. The largest absolute Gasteiger partial charge is 0.368 e. The summed E-state index contributed by atoms with van der Waals surface area (Å²) in [6, 6.07) is 12.4. The summed E-state index contributed by atoms with van der Waals surface area (Å²) < 4.78 is 16.4. The second-order valence-corrected chi connectivity index (χ2v) is 9.57. The van der Waals surface area contributed by atoms with E-state index in [-0.39, 0.29) is 28.7 Å². The van der Waals surface area contributed by atoms with Crippen molar-refractivity contribution in [1.29, 1.82) is 0 Å². The van der Waals surface area contributed by atoms with Crippen molar-refractivity contribution in [3.63, 3.8) is 0 Å². The number of thioether (sulfide) groups is 1. The van der Waals surface area contributed by atoms with E-state index in [1.807, 2.05) is 30.9 Å². The molecule has 0 unspecified atom stereocenters. The van der Waals surface area contributed by atoms with Crippen molar-refractivity contribution in [3.05, 3.63) is 82.2 Å². The zero-order valence-corrected chi connectivity index (χ0v) is 20.3. The summed E-state index contributed by atoms with van der Waals surface area (Å²) in [5, 5.41) is 8.75. The van der Waals surface area contributed by atoms with Crippen LogP contribution in [0.5, 0.6) is 0 Å². The van der Waals surface area contributed by atoms with E-state index in [2.05, 4.69) is 21.2 Å². The smallest absolute Gasteiger partial charge is 0.300 e. The molecule has 35 heavy (non-hydrogen) atoms. The summed E-state index contributed by atoms with van der Waals surface area (Å²) >= 11 is 1.27. The molecule has 1 saturated heterocycles. The normalized spacial score (nSPS) is 14.0. The summed E-state index contributed by atoms with van der Waals surface area (Å²) in [6.07, 6.45) is 3.45. The van der Waals surface area contributed by atoms with Crippen LogP contribution in [-0.4, -0.2) is 61.9 Å². The fourth-order valence-electron chi connectivity index (χ4n) is 4.34. The highest BCUT2D eigenvalue weighted by atomic mass is 32.2. The highest BCUT2D eigenvalue weighted by Gasteiger charge is 2.22. The second-order valence-electron chi connectivity index (χ2n) is 8.63. The Labute approximate surface area is 206 Å². The maximum atomic E-state index is 13.2. The van der Waals surface area contributed by atoms with Crippen LogP contribution < -0.4 is 10.5 Å². The van der Waals surface area contributed by atoms with Gasteiger partial charge in [-0.1, -0.05) is 17.8 Å². The van der Waals surface area contributed by atoms with Gasteiger partial charge in [0.25, 0.3) is 0 Å². The fourth-order valence-corrected chi connectivity index (χ4v) is 5.16. The first-order valence-electron chi connectivity index (χ1n) is 11.4. The van der Waals surface area contributed by atoms with Gasteiger partial charge in [-0.3, -0.25) is 18.6 Å². The monoisotopic (exact) mass is 492 g/mol. The van der Waals surface area contributed by atoms with Crippen molar-refractivity contribution in [1.82, 2.24) is 24.1 Å². The van der Waals surface area contributed by atoms with Gasteiger partial charge in [-0.2, -0.15) is 0 Å². The van der Waals surface area contributed by atoms with Crippen LogP contribution in [0.25, 0.3) is 11.3 Å². The minimum Gasteiger partial charge on any atom is -0.368 e. The van der Waals surface area contributed by atoms with Gasteiger partial charge in [0, 0.05) is 49.9 Å². The van der Waals surface area contributed by atoms with Gasteiger partial charge < -0.3 is 9.80 Å². The van der Waals surface area contributed by atoms with Gasteiger partial charge in [-0.15, -0.1) is 10.2 Å². The van der Waals surface area contributed by atoms with E-state index in [0.29, 0.717) is 31.3 Å². The lowest BCUT2D eigenvalue weighted by Gasteiger charge is -2.36. The molecule has 180 valence electrons. The number of piperazine rings is 1. The molecule has 0 spiro atoms. The first kappa shape index (κ1) is 23.1. The predicted octanol–water partition coefficient (Wildman–Crippen LogP) is 3.08. The lowest BCUT2D eigenvalue weighted by atomic mass is 10.1. The molecule has 1 fully saturated rings. The van der Waals surface area contributed by atoms with Crippen molar-refractivity contribution < 1.29 is 9.18 Å². The molecular weight excluding hydrogens is 467 g/mol. The average Bonchev–Trinajstić information content (AvgIpc) is 3.27. The summed E-state index contributed by atoms with van der Waals surface area (Å²) in [6.45, 7) is 6.55. The molecule has 0 saturated carbocycles. The number of carbonyl (C=O) groups excluding carboxylic acids is 1. The van der Waals surface area contributed by atoms with Crippen molar-refractivity contribution >= 4 is 29.0 Å². The summed E-state index contributed by atoms with van der Waals surface area (Å²) in [7, 11) is 0. The molecule has 0 atom stereocenters. The van der Waals surface area contributed by atoms with Crippen LogP contribution in [0.1, 0.15) is 11.1 Å². The van der Waals surface area contributed by atoms with E-state index >= 15 is 0 Å². The van der Waals surface area contributed by atoms with Gasteiger partial charge in [-0.05, 0) is 61.4 Å². The van der Waals surface area contributed by atoms with Crippen LogP contribution >= 0.6 is 11.8 Å². The molecule has 5 rings (SSSR count). The molecule has 3 heterocycles. The third-order valence-corrected chi connectivity index (χ3v) is 7.00. The Morgan fingerprint density at radius 3 is 2.31 bits per heavy atom. The summed E-state index contributed by atoms with van der Waals surface area (Å²) in [5.74, 6) is -0.0452. The first-order valence-corrected chi connectivity index (χ1v) is 12.3. The number of hydrogen-bond donors (Lipinski definition) is 0. The van der Waals surface area contributed by atoms with E-state index < -0.39 is 0 Å². The molecule has 1 aliphatic heterocycles. The molecule has 4 aromatic rings. The Hall–Kier alpha value is -3.66. The molecule has 8 nitrogen and oxygen atoms in total. The Balaban J connectivity index is 1.24. The van der Waals surface area contributed by atoms with Crippen LogP contribution in [0, 0.1) is 19.7 Å². The topological polar surface area (TPSA) is 75.7 Å². The molecule has 0 radical (unpaired) electrons. The maximum Gasteiger partial charge on any atom is 0.300 e. The molecule has 2 aromatic heterocycles. The number of aryl methyl sites for hydroxylation is 2. The molecular formula is C25H25FN6O2S. The van der Waals surface area contributed by atoms with Crippen LogP contribution in [0.2, 0.25) is 0 Å². The third kappa shape index (κ3) is 4.79. The Morgan fingerprint density at radius 2 is 1.63 bits per heavy atom. The Kier molecular flexibility index (Phi) is 6.29. The number of fused-ring (bicyclic) bond motifs is 1. The van der Waals surface area contributed by atoms with E-state index in [1.165, 1.54) is 23.9 Å². The van der Waals surface area contributed by atoms with E-state index in [4.69, 9.17) is 0 Å². The van der Waals surface area contributed by atoms with Crippen LogP contribution in [0.4, 0.5) is 10.1 Å². The van der Waals surface area contributed by atoms with Crippen LogP contribution in [0.15, 0.2) is 64.8 Å². The van der Waals surface area contributed by atoms with Gasteiger partial charge in [-0.25, -0.2) is 4.39 Å². The third-order valence-electron chi connectivity index (χ3n) is 6.07. The van der Waals surface area contributed by atoms with Gasteiger partial charge >= 0.3 is 5.56 Å². The summed E-state index contributed by atoms with van der Waals surface area (Å²) in [5.41, 5.74) is 3.83. The number of aromatic nitrogens is 4. The Bertz CT molecular complexity index is 1420. The number of hydrogen-bond acceptors (Lipinski definition) is 6. The molecule has 0 bridgehead atoms. The second kappa shape index (κ2) is 9.53. The maximum absolute atomic E-state index is 13.2. The van der Waals surface area contributed by atoms with Gasteiger partial charge in [0.15, 0.2) is 5.16 Å². The molecule has 10 heteroatoms. The van der Waals surface area contributed by atoms with Gasteiger partial charge in [0.05, 0.1) is 5.75 Å². The SMILES string of the molecule is Cc1cc(C)cc(-n2ccn3c(SCC(=O)N4CCN(c5ccc(F)cc5)CC4)nnc3c2=O)c1. The van der Waals surface area contributed by atoms with Crippen molar-refractivity contribution in [2.75, 3.05) is 36.8 Å². The highest BCUT2D eigenvalue weighted by molar-refractivity contribution is 7.99. The zero-order chi connectivity index (χ0) is 24.5. The molecule has 1 aliphatic rings. The van der Waals surface area contributed by atoms with Gasteiger partial charge in [0.1, 0.15) is 5.82 Å². The number of benzene rings is 2. The van der Waals surface area contributed by atoms with Crippen LogP contribution in [0.3, 0.4) is 0 Å². The molecule has 0 N–H and O–H groups in total. The minimum atomic E-state index is -0.264. The molecule has 2 aromatic carbocycles. The Morgan fingerprint density at radius 1 is 0.943 bits per heavy atom. The lowest BCUT2D eigenvalue weighted by Crippen LogP contribution is -2.49. The molecule has 1 amide bonds. The number of nitrogens with zero attached hydrogens (tertiary/aromatic N) is 6. The number of carbonyl (C=O) groups is 1. The van der Waals surface area contributed by atoms with Crippen molar-refractivity contribution in [2.24, 2.45) is 0 Å². The van der Waals surface area contributed by atoms with Crippen molar-refractivity contribution in [2.45, 2.75) is 19.0 Å². The first-order chi connectivity index (χ1) is 16.9. The van der Waals surface area contributed by atoms with Crippen LogP contribution in [-0.2, 0) is 4.79 Å².